The van der Waals surface area contributed by atoms with Gasteiger partial charge in [0.1, 0.15) is 12.4 Å². The van der Waals surface area contributed by atoms with Crippen molar-refractivity contribution in [1.29, 1.82) is 0 Å². The van der Waals surface area contributed by atoms with Crippen LogP contribution in [0.1, 0.15) is 37.3 Å². The predicted molar refractivity (Wildman–Crippen MR) is 125 cm³/mol. The molecule has 3 N–H and O–H groups in total. The number of nitrogens with two attached hydrogens (primary N) is 1. The van der Waals surface area contributed by atoms with E-state index in [1.165, 1.54) is 5.56 Å². The average Bonchev–Trinajstić information content (AvgIpc) is 2.78. The van der Waals surface area contributed by atoms with Crippen LogP contribution in [-0.4, -0.2) is 42.9 Å². The van der Waals surface area contributed by atoms with Crippen molar-refractivity contribution < 1.29 is 9.53 Å². The van der Waals surface area contributed by atoms with Gasteiger partial charge in [0, 0.05) is 32.6 Å². The maximum atomic E-state index is 11.3. The molecular weight excluding hydrogens is 388 g/mol. The van der Waals surface area contributed by atoms with Gasteiger partial charge in [0.25, 0.3) is 0 Å². The molecule has 2 aromatic carbocycles. The minimum Gasteiger partial charge on any atom is -0.489 e. The molecule has 3 rings (SSSR count). The zero-order valence-electron chi connectivity index (χ0n) is 18.4. The smallest absolute Gasteiger partial charge is 0.217 e. The summed E-state index contributed by atoms with van der Waals surface area (Å²) in [4.78, 5) is 18.4. The number of piperidine rings is 1. The van der Waals surface area contributed by atoms with Gasteiger partial charge in [-0.15, -0.1) is 0 Å². The second-order valence-electron chi connectivity index (χ2n) is 8.03. The molecule has 1 unspecified atom stereocenters. The van der Waals surface area contributed by atoms with Gasteiger partial charge in [-0.1, -0.05) is 42.5 Å². The molecule has 0 spiro atoms. The molecule has 1 aliphatic rings. The number of guanidine groups is 1. The first-order chi connectivity index (χ1) is 15.1. The second-order valence-corrected chi connectivity index (χ2v) is 8.03. The lowest BCUT2D eigenvalue weighted by Gasteiger charge is -2.34. The molecule has 1 heterocycles. The van der Waals surface area contributed by atoms with E-state index < -0.39 is 0 Å². The summed E-state index contributed by atoms with van der Waals surface area (Å²) < 4.78 is 5.86. The topological polar surface area (TPSA) is 80.0 Å². The number of benzene rings is 2. The first kappa shape index (κ1) is 22.7. The van der Waals surface area contributed by atoms with Gasteiger partial charge in [-0.2, -0.15) is 0 Å². The fraction of sp³-hybridized carbons (Fsp3) is 0.440. The van der Waals surface area contributed by atoms with Crippen molar-refractivity contribution in [1.82, 2.24) is 10.2 Å². The minimum atomic E-state index is -0.218. The molecule has 6 nitrogen and oxygen atoms in total. The van der Waals surface area contributed by atoms with Crippen LogP contribution in [0.15, 0.2) is 59.6 Å². The third kappa shape index (κ3) is 7.63. The summed E-state index contributed by atoms with van der Waals surface area (Å²) in [5.41, 5.74) is 7.79. The molecular formula is C25H34N4O2. The first-order valence-corrected chi connectivity index (χ1v) is 11.2. The number of nitrogens with zero attached hydrogens (tertiary/aromatic N) is 2. The molecule has 166 valence electrons. The Hall–Kier alpha value is -3.02. The highest BCUT2D eigenvalue weighted by Gasteiger charge is 2.23. The quantitative estimate of drug-likeness (QED) is 0.480. The Kier molecular flexibility index (Phi) is 8.76. The second kappa shape index (κ2) is 12.0. The molecule has 1 fully saturated rings. The Morgan fingerprint density at radius 3 is 2.65 bits per heavy atom. The van der Waals surface area contributed by atoms with Crippen LogP contribution in [0, 0.1) is 5.92 Å². The molecule has 0 radical (unpaired) electrons. The molecule has 6 heteroatoms. The van der Waals surface area contributed by atoms with E-state index in [0.717, 1.165) is 56.2 Å². The first-order valence-electron chi connectivity index (χ1n) is 11.2. The Morgan fingerprint density at radius 1 is 1.16 bits per heavy atom. The van der Waals surface area contributed by atoms with Crippen molar-refractivity contribution >= 4 is 11.9 Å². The molecule has 0 aliphatic carbocycles. The van der Waals surface area contributed by atoms with Crippen molar-refractivity contribution in [3.8, 4) is 5.75 Å². The van der Waals surface area contributed by atoms with E-state index in [2.05, 4.69) is 41.4 Å². The van der Waals surface area contributed by atoms with E-state index in [-0.39, 0.29) is 5.91 Å². The highest BCUT2D eigenvalue weighted by Crippen LogP contribution is 2.19. The van der Waals surface area contributed by atoms with Crippen molar-refractivity contribution in [2.75, 3.05) is 26.2 Å². The van der Waals surface area contributed by atoms with Crippen LogP contribution in [-0.2, 0) is 17.8 Å². The molecule has 1 aliphatic heterocycles. The Labute approximate surface area is 185 Å². The standard InChI is InChI=1S/C25H34N4O2/c1-2-27-25(29-16-6-9-22(18-29)17-24(26)30)28-15-14-20-10-12-23(13-11-20)31-19-21-7-4-3-5-8-21/h3-5,7-8,10-13,22H,2,6,9,14-19H2,1H3,(H2,26,30)(H,27,28). The predicted octanol–water partition coefficient (Wildman–Crippen LogP) is 3.36. The molecule has 1 saturated heterocycles. The van der Waals surface area contributed by atoms with Crippen molar-refractivity contribution in [2.24, 2.45) is 16.6 Å². The number of carbonyl (C=O) groups is 1. The largest absolute Gasteiger partial charge is 0.489 e. The Morgan fingerprint density at radius 2 is 1.94 bits per heavy atom. The maximum Gasteiger partial charge on any atom is 0.217 e. The number of rotatable bonds is 9. The van der Waals surface area contributed by atoms with Gasteiger partial charge in [0.05, 0.1) is 0 Å². The molecule has 0 aromatic heterocycles. The lowest BCUT2D eigenvalue weighted by atomic mass is 9.95. The Bertz CT molecular complexity index is 836. The Balaban J connectivity index is 1.50. The van der Waals surface area contributed by atoms with E-state index in [4.69, 9.17) is 15.5 Å². The van der Waals surface area contributed by atoms with Crippen LogP contribution >= 0.6 is 0 Å². The van der Waals surface area contributed by atoms with Crippen LogP contribution in [0.5, 0.6) is 5.75 Å². The SMILES string of the molecule is CCNC(=NCCc1ccc(OCc2ccccc2)cc1)N1CCCC(CC(N)=O)C1. The van der Waals surface area contributed by atoms with E-state index in [9.17, 15) is 4.79 Å². The van der Waals surface area contributed by atoms with Gasteiger partial charge in [-0.05, 0) is 55.4 Å². The molecule has 1 amide bonds. The molecule has 31 heavy (non-hydrogen) atoms. The number of carbonyl (C=O) groups excluding carboxylic acids is 1. The lowest BCUT2D eigenvalue weighted by Crippen LogP contribution is -2.47. The summed E-state index contributed by atoms with van der Waals surface area (Å²) in [6.07, 6.45) is 3.44. The third-order valence-corrected chi connectivity index (χ3v) is 5.48. The third-order valence-electron chi connectivity index (χ3n) is 5.48. The highest BCUT2D eigenvalue weighted by atomic mass is 16.5. The van der Waals surface area contributed by atoms with E-state index in [1.807, 2.05) is 30.3 Å². The maximum absolute atomic E-state index is 11.3. The average molecular weight is 423 g/mol. The fourth-order valence-corrected chi connectivity index (χ4v) is 3.92. The highest BCUT2D eigenvalue weighted by molar-refractivity contribution is 5.80. The van der Waals surface area contributed by atoms with Crippen LogP contribution in [0.3, 0.4) is 0 Å². The number of amides is 1. The number of ether oxygens (including phenoxy) is 1. The molecule has 1 atom stereocenters. The zero-order valence-corrected chi connectivity index (χ0v) is 18.4. The number of primary amides is 1. The van der Waals surface area contributed by atoms with Crippen molar-refractivity contribution in [3.05, 3.63) is 65.7 Å². The number of aliphatic imine (C=N–C) groups is 1. The summed E-state index contributed by atoms with van der Waals surface area (Å²) in [6.45, 7) is 5.99. The molecule has 0 saturated carbocycles. The monoisotopic (exact) mass is 422 g/mol. The summed E-state index contributed by atoms with van der Waals surface area (Å²) in [6, 6.07) is 18.4. The number of nitrogens with one attached hydrogen (secondary N) is 1. The number of hydrogen-bond donors (Lipinski definition) is 2. The van der Waals surface area contributed by atoms with E-state index >= 15 is 0 Å². The fourth-order valence-electron chi connectivity index (χ4n) is 3.92. The van der Waals surface area contributed by atoms with Gasteiger partial charge >= 0.3 is 0 Å². The summed E-state index contributed by atoms with van der Waals surface area (Å²) in [5.74, 6) is 1.90. The zero-order chi connectivity index (χ0) is 21.9. The van der Waals surface area contributed by atoms with E-state index in [1.54, 1.807) is 0 Å². The normalized spacial score (nSPS) is 16.7. The van der Waals surface area contributed by atoms with Crippen LogP contribution in [0.2, 0.25) is 0 Å². The van der Waals surface area contributed by atoms with E-state index in [0.29, 0.717) is 25.5 Å². The summed E-state index contributed by atoms with van der Waals surface area (Å²) in [7, 11) is 0. The number of likely N-dealkylation sites (tertiary alicyclic amines) is 1. The van der Waals surface area contributed by atoms with Crippen LogP contribution < -0.4 is 15.8 Å². The molecule has 2 aromatic rings. The van der Waals surface area contributed by atoms with Gasteiger partial charge in [-0.25, -0.2) is 0 Å². The summed E-state index contributed by atoms with van der Waals surface area (Å²) in [5, 5.41) is 3.39. The van der Waals surface area contributed by atoms with Crippen molar-refractivity contribution in [2.45, 2.75) is 39.2 Å². The van der Waals surface area contributed by atoms with Crippen LogP contribution in [0.4, 0.5) is 0 Å². The van der Waals surface area contributed by atoms with Gasteiger partial charge in [-0.3, -0.25) is 9.79 Å². The summed E-state index contributed by atoms with van der Waals surface area (Å²) >= 11 is 0. The minimum absolute atomic E-state index is 0.218. The lowest BCUT2D eigenvalue weighted by molar-refractivity contribution is -0.119. The van der Waals surface area contributed by atoms with Gasteiger partial charge in [0.15, 0.2) is 5.96 Å². The number of hydrogen-bond acceptors (Lipinski definition) is 3. The van der Waals surface area contributed by atoms with Gasteiger partial charge in [0.2, 0.25) is 5.91 Å². The molecule has 0 bridgehead atoms. The van der Waals surface area contributed by atoms with Gasteiger partial charge < -0.3 is 20.7 Å². The van der Waals surface area contributed by atoms with Crippen LogP contribution in [0.25, 0.3) is 0 Å². The van der Waals surface area contributed by atoms with Crippen molar-refractivity contribution in [3.63, 3.8) is 0 Å².